The fourth-order valence-electron chi connectivity index (χ4n) is 2.09. The smallest absolute Gasteiger partial charge is 0.128 e. The van der Waals surface area contributed by atoms with Gasteiger partial charge in [0.05, 0.1) is 6.04 Å². The third kappa shape index (κ3) is 3.58. The van der Waals surface area contributed by atoms with Crippen LogP contribution in [0.3, 0.4) is 0 Å². The molecule has 0 heterocycles. The predicted octanol–water partition coefficient (Wildman–Crippen LogP) is 3.73. The summed E-state index contributed by atoms with van der Waals surface area (Å²) in [6.07, 6.45) is 1.01. The van der Waals surface area contributed by atoms with Crippen molar-refractivity contribution in [3.05, 3.63) is 65.5 Å². The molecular formula is C17H20FNO. The SMILES string of the molecule is CCc1ccc(OCC(NC)c2ccccc2F)cc1. The molecule has 2 nitrogen and oxygen atoms in total. The van der Waals surface area contributed by atoms with Gasteiger partial charge in [-0.15, -0.1) is 0 Å². The maximum atomic E-state index is 13.8. The van der Waals surface area contributed by atoms with Gasteiger partial charge in [0, 0.05) is 5.56 Å². The van der Waals surface area contributed by atoms with Crippen LogP contribution in [0.25, 0.3) is 0 Å². The molecule has 0 aliphatic carbocycles. The second-order valence-electron chi connectivity index (χ2n) is 4.67. The van der Waals surface area contributed by atoms with Crippen molar-refractivity contribution < 1.29 is 9.13 Å². The lowest BCUT2D eigenvalue weighted by Gasteiger charge is -2.18. The number of hydrogen-bond acceptors (Lipinski definition) is 2. The zero-order valence-electron chi connectivity index (χ0n) is 11.9. The number of benzene rings is 2. The van der Waals surface area contributed by atoms with Gasteiger partial charge in [-0.3, -0.25) is 0 Å². The fourth-order valence-corrected chi connectivity index (χ4v) is 2.09. The van der Waals surface area contributed by atoms with Crippen LogP contribution >= 0.6 is 0 Å². The lowest BCUT2D eigenvalue weighted by Crippen LogP contribution is -2.24. The molecule has 0 bridgehead atoms. The van der Waals surface area contributed by atoms with Gasteiger partial charge in [0.1, 0.15) is 18.2 Å². The number of aryl methyl sites for hydroxylation is 1. The van der Waals surface area contributed by atoms with Gasteiger partial charge in [-0.1, -0.05) is 37.3 Å². The molecule has 0 aliphatic rings. The first-order valence-electron chi connectivity index (χ1n) is 6.88. The lowest BCUT2D eigenvalue weighted by atomic mass is 10.1. The normalized spacial score (nSPS) is 12.2. The Morgan fingerprint density at radius 2 is 1.80 bits per heavy atom. The summed E-state index contributed by atoms with van der Waals surface area (Å²) in [6, 6.07) is 14.6. The zero-order valence-corrected chi connectivity index (χ0v) is 11.9. The van der Waals surface area contributed by atoms with Crippen molar-refractivity contribution >= 4 is 0 Å². The third-order valence-corrected chi connectivity index (χ3v) is 3.38. The summed E-state index contributed by atoms with van der Waals surface area (Å²) in [5.41, 5.74) is 1.90. The maximum Gasteiger partial charge on any atom is 0.128 e. The number of ether oxygens (including phenoxy) is 1. The molecule has 0 saturated carbocycles. The molecule has 0 spiro atoms. The number of halogens is 1. The molecular weight excluding hydrogens is 253 g/mol. The Kier molecular flexibility index (Phi) is 5.13. The van der Waals surface area contributed by atoms with Gasteiger partial charge >= 0.3 is 0 Å². The van der Waals surface area contributed by atoms with Crippen molar-refractivity contribution in [2.24, 2.45) is 0 Å². The molecule has 20 heavy (non-hydrogen) atoms. The average molecular weight is 273 g/mol. The van der Waals surface area contributed by atoms with Crippen LogP contribution in [-0.2, 0) is 6.42 Å². The minimum Gasteiger partial charge on any atom is -0.492 e. The van der Waals surface area contributed by atoms with Crippen molar-refractivity contribution in [1.82, 2.24) is 5.32 Å². The van der Waals surface area contributed by atoms with Gasteiger partial charge in [0.25, 0.3) is 0 Å². The standard InChI is InChI=1S/C17H20FNO/c1-3-13-8-10-14(11-9-13)20-12-17(19-2)15-6-4-5-7-16(15)18/h4-11,17,19H,3,12H2,1-2H3. The van der Waals surface area contributed by atoms with E-state index in [-0.39, 0.29) is 11.9 Å². The fraction of sp³-hybridized carbons (Fsp3) is 0.294. The van der Waals surface area contributed by atoms with Crippen molar-refractivity contribution in [3.8, 4) is 5.75 Å². The maximum absolute atomic E-state index is 13.8. The number of rotatable bonds is 6. The average Bonchev–Trinajstić information content (AvgIpc) is 2.50. The van der Waals surface area contributed by atoms with E-state index in [1.54, 1.807) is 19.2 Å². The summed E-state index contributed by atoms with van der Waals surface area (Å²) < 4.78 is 19.5. The molecule has 1 N–H and O–H groups in total. The van der Waals surface area contributed by atoms with Crippen molar-refractivity contribution in [1.29, 1.82) is 0 Å². The Balaban J connectivity index is 2.02. The second kappa shape index (κ2) is 7.06. The Hall–Kier alpha value is -1.87. The van der Waals surface area contributed by atoms with Crippen LogP contribution in [0.4, 0.5) is 4.39 Å². The largest absolute Gasteiger partial charge is 0.492 e. The summed E-state index contributed by atoms with van der Waals surface area (Å²) >= 11 is 0. The van der Waals surface area contributed by atoms with Crippen LogP contribution in [0.5, 0.6) is 5.75 Å². The molecule has 0 aromatic heterocycles. The molecule has 2 rings (SSSR count). The van der Waals surface area contributed by atoms with Crippen LogP contribution < -0.4 is 10.1 Å². The monoisotopic (exact) mass is 273 g/mol. The minimum atomic E-state index is -0.211. The first-order chi connectivity index (χ1) is 9.74. The summed E-state index contributed by atoms with van der Waals surface area (Å²) in [5.74, 6) is 0.593. The van der Waals surface area contributed by atoms with Crippen LogP contribution in [0.15, 0.2) is 48.5 Å². The van der Waals surface area contributed by atoms with Crippen LogP contribution in [0, 0.1) is 5.82 Å². The van der Waals surface area contributed by atoms with Gasteiger partial charge in [-0.05, 0) is 37.2 Å². The van der Waals surface area contributed by atoms with Crippen LogP contribution in [0.1, 0.15) is 24.1 Å². The molecule has 0 amide bonds. The second-order valence-corrected chi connectivity index (χ2v) is 4.67. The van der Waals surface area contributed by atoms with Gasteiger partial charge in [0.15, 0.2) is 0 Å². The molecule has 106 valence electrons. The molecule has 0 aliphatic heterocycles. The molecule has 0 saturated heterocycles. The summed E-state index contributed by atoms with van der Waals surface area (Å²) in [4.78, 5) is 0. The Bertz CT molecular complexity index is 539. The topological polar surface area (TPSA) is 21.3 Å². The highest BCUT2D eigenvalue weighted by atomic mass is 19.1. The van der Waals surface area contributed by atoms with Gasteiger partial charge in [0.2, 0.25) is 0 Å². The third-order valence-electron chi connectivity index (χ3n) is 3.38. The van der Waals surface area contributed by atoms with Crippen LogP contribution in [-0.4, -0.2) is 13.7 Å². The van der Waals surface area contributed by atoms with Gasteiger partial charge in [-0.2, -0.15) is 0 Å². The first-order valence-corrected chi connectivity index (χ1v) is 6.88. The predicted molar refractivity (Wildman–Crippen MR) is 79.5 cm³/mol. The van der Waals surface area contributed by atoms with E-state index in [9.17, 15) is 4.39 Å². The van der Waals surface area contributed by atoms with E-state index in [2.05, 4.69) is 12.2 Å². The summed E-state index contributed by atoms with van der Waals surface area (Å²) in [6.45, 7) is 2.51. The molecule has 3 heteroatoms. The van der Waals surface area contributed by atoms with E-state index in [4.69, 9.17) is 4.74 Å². The number of hydrogen-bond donors (Lipinski definition) is 1. The Morgan fingerprint density at radius 1 is 1.10 bits per heavy atom. The van der Waals surface area contributed by atoms with Gasteiger partial charge < -0.3 is 10.1 Å². The van der Waals surface area contributed by atoms with Crippen LogP contribution in [0.2, 0.25) is 0 Å². The Morgan fingerprint density at radius 3 is 2.40 bits per heavy atom. The highest BCUT2D eigenvalue weighted by molar-refractivity contribution is 5.28. The molecule has 2 aromatic rings. The van der Waals surface area contributed by atoms with Crippen molar-refractivity contribution in [2.75, 3.05) is 13.7 Å². The quantitative estimate of drug-likeness (QED) is 0.866. The lowest BCUT2D eigenvalue weighted by molar-refractivity contribution is 0.270. The summed E-state index contributed by atoms with van der Waals surface area (Å²) in [7, 11) is 1.81. The highest BCUT2D eigenvalue weighted by Crippen LogP contribution is 2.19. The van der Waals surface area contributed by atoms with E-state index < -0.39 is 0 Å². The van der Waals surface area contributed by atoms with Gasteiger partial charge in [-0.25, -0.2) is 4.39 Å². The number of nitrogens with one attached hydrogen (secondary N) is 1. The van der Waals surface area contributed by atoms with Crippen molar-refractivity contribution in [3.63, 3.8) is 0 Å². The van der Waals surface area contributed by atoms with E-state index in [0.717, 1.165) is 12.2 Å². The first kappa shape index (κ1) is 14.5. The van der Waals surface area contributed by atoms with E-state index in [1.807, 2.05) is 30.3 Å². The van der Waals surface area contributed by atoms with E-state index in [1.165, 1.54) is 11.6 Å². The highest BCUT2D eigenvalue weighted by Gasteiger charge is 2.14. The molecule has 1 atom stereocenters. The minimum absolute atomic E-state index is 0.165. The Labute approximate surface area is 119 Å². The van der Waals surface area contributed by atoms with E-state index in [0.29, 0.717) is 12.2 Å². The summed E-state index contributed by atoms with van der Waals surface area (Å²) in [5, 5.41) is 3.09. The zero-order chi connectivity index (χ0) is 14.4. The van der Waals surface area contributed by atoms with E-state index >= 15 is 0 Å². The molecule has 2 aromatic carbocycles. The molecule has 1 unspecified atom stereocenters. The number of likely N-dealkylation sites (N-methyl/N-ethyl adjacent to an activating group) is 1. The molecule has 0 fully saturated rings. The molecule has 0 radical (unpaired) electrons. The van der Waals surface area contributed by atoms with Crippen molar-refractivity contribution in [2.45, 2.75) is 19.4 Å².